The lowest BCUT2D eigenvalue weighted by Gasteiger charge is -2.06. The summed E-state index contributed by atoms with van der Waals surface area (Å²) in [5, 5.41) is 1.05. The van der Waals surface area contributed by atoms with Crippen LogP contribution >= 0.6 is 11.8 Å². The molecule has 2 aromatic rings. The van der Waals surface area contributed by atoms with Gasteiger partial charge in [0.15, 0.2) is 5.25 Å². The molecule has 0 aromatic heterocycles. The molecule has 5 heteroatoms. The molecule has 1 heterocycles. The second-order valence-electron chi connectivity index (χ2n) is 4.57. The van der Waals surface area contributed by atoms with E-state index in [9.17, 15) is 14.4 Å². The molecular weight excluding hydrogens is 286 g/mol. The number of imide groups is 1. The molecule has 4 nitrogen and oxygen atoms in total. The molecule has 1 aliphatic heterocycles. The van der Waals surface area contributed by atoms with Crippen molar-refractivity contribution in [2.75, 3.05) is 0 Å². The SMILES string of the molecule is O=C1NC(=O)C(Sc2ccc(-c3ccccc3)cc2)C1=O. The molecule has 1 saturated heterocycles. The maximum atomic E-state index is 11.6. The van der Waals surface area contributed by atoms with Crippen LogP contribution in [-0.2, 0) is 14.4 Å². The summed E-state index contributed by atoms with van der Waals surface area (Å²) in [6, 6.07) is 17.4. The third-order valence-electron chi connectivity index (χ3n) is 3.15. The van der Waals surface area contributed by atoms with Crippen molar-refractivity contribution in [3.8, 4) is 11.1 Å². The standard InChI is InChI=1S/C16H11NO3S/c18-13-14(16(20)17-15(13)19)21-12-8-6-11(7-9-12)10-4-2-1-3-5-10/h1-9,14H,(H,17,19,20). The molecule has 1 fully saturated rings. The summed E-state index contributed by atoms with van der Waals surface area (Å²) in [7, 11) is 0. The molecule has 2 aromatic carbocycles. The van der Waals surface area contributed by atoms with Crippen LogP contribution in [0.15, 0.2) is 59.5 Å². The van der Waals surface area contributed by atoms with Crippen LogP contribution in [0.1, 0.15) is 0 Å². The van der Waals surface area contributed by atoms with Crippen molar-refractivity contribution in [1.82, 2.24) is 5.32 Å². The number of ketones is 1. The van der Waals surface area contributed by atoms with Gasteiger partial charge in [-0.15, -0.1) is 11.8 Å². The Morgan fingerprint density at radius 3 is 2.00 bits per heavy atom. The van der Waals surface area contributed by atoms with Crippen LogP contribution in [0.5, 0.6) is 0 Å². The summed E-state index contributed by atoms with van der Waals surface area (Å²) >= 11 is 1.09. The number of carbonyl (C=O) groups is 3. The molecule has 104 valence electrons. The van der Waals surface area contributed by atoms with E-state index in [1.807, 2.05) is 59.9 Å². The maximum Gasteiger partial charge on any atom is 0.295 e. The third kappa shape index (κ3) is 2.73. The number of hydrogen-bond acceptors (Lipinski definition) is 4. The van der Waals surface area contributed by atoms with Gasteiger partial charge in [0.25, 0.3) is 5.91 Å². The van der Waals surface area contributed by atoms with E-state index < -0.39 is 22.8 Å². The Bertz CT molecular complexity index is 710. The minimum absolute atomic E-state index is 0.540. The number of carbonyl (C=O) groups excluding carboxylic acids is 3. The van der Waals surface area contributed by atoms with Crippen LogP contribution in [0.4, 0.5) is 0 Å². The molecule has 0 aliphatic carbocycles. The van der Waals surface area contributed by atoms with E-state index in [4.69, 9.17) is 0 Å². The molecule has 1 unspecified atom stereocenters. The molecule has 1 aliphatic rings. The van der Waals surface area contributed by atoms with Gasteiger partial charge in [0, 0.05) is 4.90 Å². The monoisotopic (exact) mass is 297 g/mol. The topological polar surface area (TPSA) is 63.2 Å². The number of amides is 2. The Morgan fingerprint density at radius 2 is 1.43 bits per heavy atom. The van der Waals surface area contributed by atoms with Gasteiger partial charge in [-0.1, -0.05) is 42.5 Å². The predicted octanol–water partition coefficient (Wildman–Crippen LogP) is 2.04. The van der Waals surface area contributed by atoms with Gasteiger partial charge in [0.05, 0.1) is 0 Å². The summed E-state index contributed by atoms with van der Waals surface area (Å²) in [5.74, 6) is -2.04. The van der Waals surface area contributed by atoms with Crippen LogP contribution in [0, 0.1) is 0 Å². The predicted molar refractivity (Wildman–Crippen MR) is 79.7 cm³/mol. The van der Waals surface area contributed by atoms with Crippen molar-refractivity contribution in [1.29, 1.82) is 0 Å². The Hall–Kier alpha value is -2.40. The van der Waals surface area contributed by atoms with Crippen molar-refractivity contribution < 1.29 is 14.4 Å². The quantitative estimate of drug-likeness (QED) is 0.535. The van der Waals surface area contributed by atoms with E-state index in [-0.39, 0.29) is 0 Å². The molecular formula is C16H11NO3S. The fourth-order valence-corrected chi connectivity index (χ4v) is 3.02. The van der Waals surface area contributed by atoms with Crippen molar-refractivity contribution in [3.05, 3.63) is 54.6 Å². The van der Waals surface area contributed by atoms with Crippen molar-refractivity contribution >= 4 is 29.4 Å². The van der Waals surface area contributed by atoms with Gasteiger partial charge in [-0.25, -0.2) is 0 Å². The number of Topliss-reactive ketones (excluding diaryl/α,β-unsaturated/α-hetero) is 1. The minimum Gasteiger partial charge on any atom is -0.288 e. The summed E-state index contributed by atoms with van der Waals surface area (Å²) in [5.41, 5.74) is 2.15. The van der Waals surface area contributed by atoms with Gasteiger partial charge in [-0.3, -0.25) is 19.7 Å². The number of benzene rings is 2. The average Bonchev–Trinajstić information content (AvgIpc) is 2.75. The lowest BCUT2D eigenvalue weighted by molar-refractivity contribution is -0.134. The number of nitrogens with one attached hydrogen (secondary N) is 1. The minimum atomic E-state index is -0.972. The van der Waals surface area contributed by atoms with E-state index in [1.165, 1.54) is 0 Å². The molecule has 3 rings (SSSR count). The van der Waals surface area contributed by atoms with Gasteiger partial charge >= 0.3 is 0 Å². The van der Waals surface area contributed by atoms with Gasteiger partial charge < -0.3 is 0 Å². The second kappa shape index (κ2) is 5.54. The van der Waals surface area contributed by atoms with Gasteiger partial charge in [-0.05, 0) is 23.3 Å². The fourth-order valence-electron chi connectivity index (χ4n) is 2.08. The van der Waals surface area contributed by atoms with Crippen molar-refractivity contribution in [3.63, 3.8) is 0 Å². The van der Waals surface area contributed by atoms with E-state index in [1.54, 1.807) is 0 Å². The van der Waals surface area contributed by atoms with E-state index in [0.717, 1.165) is 27.8 Å². The molecule has 0 bridgehead atoms. The Kier molecular flexibility index (Phi) is 3.58. The average molecular weight is 297 g/mol. The largest absolute Gasteiger partial charge is 0.295 e. The van der Waals surface area contributed by atoms with Crippen LogP contribution in [-0.4, -0.2) is 22.8 Å². The zero-order chi connectivity index (χ0) is 14.8. The zero-order valence-electron chi connectivity index (χ0n) is 10.9. The first kappa shape index (κ1) is 13.6. The Balaban J connectivity index is 1.78. The van der Waals surface area contributed by atoms with Gasteiger partial charge in [0.2, 0.25) is 11.7 Å². The summed E-state index contributed by atoms with van der Waals surface area (Å²) < 4.78 is 0. The normalized spacial score (nSPS) is 17.9. The number of hydrogen-bond donors (Lipinski definition) is 1. The van der Waals surface area contributed by atoms with Crippen LogP contribution in [0.25, 0.3) is 11.1 Å². The van der Waals surface area contributed by atoms with E-state index in [2.05, 4.69) is 0 Å². The second-order valence-corrected chi connectivity index (χ2v) is 5.75. The first-order valence-corrected chi connectivity index (χ1v) is 7.24. The smallest absolute Gasteiger partial charge is 0.288 e. The van der Waals surface area contributed by atoms with Gasteiger partial charge in [-0.2, -0.15) is 0 Å². The molecule has 2 amide bonds. The molecule has 1 atom stereocenters. The maximum absolute atomic E-state index is 11.6. The summed E-state index contributed by atoms with van der Waals surface area (Å²) in [6.45, 7) is 0. The summed E-state index contributed by atoms with van der Waals surface area (Å²) in [4.78, 5) is 35.0. The molecule has 0 saturated carbocycles. The van der Waals surface area contributed by atoms with Crippen LogP contribution in [0.2, 0.25) is 0 Å². The fraction of sp³-hybridized carbons (Fsp3) is 0.0625. The lowest BCUT2D eigenvalue weighted by Crippen LogP contribution is -2.22. The third-order valence-corrected chi connectivity index (χ3v) is 4.36. The first-order valence-electron chi connectivity index (χ1n) is 6.36. The Labute approximate surface area is 125 Å². The molecule has 0 spiro atoms. The van der Waals surface area contributed by atoms with Crippen molar-refractivity contribution in [2.45, 2.75) is 10.1 Å². The number of thioether (sulfide) groups is 1. The Morgan fingerprint density at radius 1 is 0.810 bits per heavy atom. The van der Waals surface area contributed by atoms with Crippen molar-refractivity contribution in [2.24, 2.45) is 0 Å². The number of rotatable bonds is 3. The summed E-state index contributed by atoms with van der Waals surface area (Å²) in [6.07, 6.45) is 0. The highest BCUT2D eigenvalue weighted by Crippen LogP contribution is 2.28. The molecule has 0 radical (unpaired) electrons. The first-order chi connectivity index (χ1) is 10.1. The van der Waals surface area contributed by atoms with Gasteiger partial charge in [0.1, 0.15) is 0 Å². The van der Waals surface area contributed by atoms with E-state index in [0.29, 0.717) is 0 Å². The highest BCUT2D eigenvalue weighted by Gasteiger charge is 2.40. The van der Waals surface area contributed by atoms with Crippen LogP contribution < -0.4 is 5.32 Å². The van der Waals surface area contributed by atoms with E-state index >= 15 is 0 Å². The highest BCUT2D eigenvalue weighted by atomic mass is 32.2. The highest BCUT2D eigenvalue weighted by molar-refractivity contribution is 8.01. The lowest BCUT2D eigenvalue weighted by atomic mass is 10.1. The van der Waals surface area contributed by atoms with Crippen LogP contribution in [0.3, 0.4) is 0 Å². The zero-order valence-corrected chi connectivity index (χ0v) is 11.7. The molecule has 21 heavy (non-hydrogen) atoms. The molecule has 1 N–H and O–H groups in total.